The Hall–Kier alpha value is -1.49. The molecule has 0 amide bonds. The maximum absolute atomic E-state index is 6.36. The Morgan fingerprint density at radius 1 is 1.16 bits per heavy atom. The van der Waals surface area contributed by atoms with Gasteiger partial charge in [0.1, 0.15) is 11.5 Å². The van der Waals surface area contributed by atoms with E-state index in [1.165, 1.54) is 25.7 Å². The molecule has 1 N–H and O–H groups in total. The van der Waals surface area contributed by atoms with E-state index in [9.17, 15) is 0 Å². The summed E-state index contributed by atoms with van der Waals surface area (Å²) in [5, 5.41) is 9.09. The number of nitrogens with zero attached hydrogens (tertiary/aromatic N) is 3. The second-order valence-electron chi connectivity index (χ2n) is 6.53. The average molecular weight is 396 g/mol. The van der Waals surface area contributed by atoms with Gasteiger partial charge in [0.05, 0.1) is 21.8 Å². The molecular weight excluding hydrogens is 379 g/mol. The molecule has 0 spiro atoms. The lowest BCUT2D eigenvalue weighted by Crippen LogP contribution is -2.26. The van der Waals surface area contributed by atoms with Gasteiger partial charge in [-0.25, -0.2) is 9.67 Å². The summed E-state index contributed by atoms with van der Waals surface area (Å²) in [6, 6.07) is 3.30. The van der Waals surface area contributed by atoms with Gasteiger partial charge in [-0.2, -0.15) is 5.10 Å². The van der Waals surface area contributed by atoms with Gasteiger partial charge in [-0.3, -0.25) is 0 Å². The van der Waals surface area contributed by atoms with Gasteiger partial charge in [-0.15, -0.1) is 0 Å². The van der Waals surface area contributed by atoms with Crippen LogP contribution in [0, 0.1) is 5.92 Å². The molecule has 0 unspecified atom stereocenters. The second kappa shape index (κ2) is 6.67. The minimum atomic E-state index is 0.431. The van der Waals surface area contributed by atoms with Crippen LogP contribution in [-0.2, 0) is 0 Å². The van der Waals surface area contributed by atoms with Crippen LogP contribution in [0.2, 0.25) is 15.1 Å². The fraction of sp³-hybridized carbons (Fsp3) is 0.333. The summed E-state index contributed by atoms with van der Waals surface area (Å²) in [5.74, 6) is 2.30. The highest BCUT2D eigenvalue weighted by Gasteiger charge is 2.25. The molecule has 2 aliphatic rings. The molecule has 4 rings (SSSR count). The third-order valence-electron chi connectivity index (χ3n) is 4.76. The predicted octanol–water partition coefficient (Wildman–Crippen LogP) is 6.02. The van der Waals surface area contributed by atoms with Gasteiger partial charge >= 0.3 is 0 Å². The van der Waals surface area contributed by atoms with Crippen LogP contribution in [-0.4, -0.2) is 15.6 Å². The molecule has 1 saturated carbocycles. The van der Waals surface area contributed by atoms with Crippen LogP contribution in [0.5, 0.6) is 0 Å². The quantitative estimate of drug-likeness (QED) is 0.690. The molecule has 4 nitrogen and oxygen atoms in total. The molecule has 1 aliphatic carbocycles. The normalized spacial score (nSPS) is 17.4. The molecule has 2 aromatic rings. The van der Waals surface area contributed by atoms with E-state index in [0.29, 0.717) is 32.5 Å². The first-order valence-electron chi connectivity index (χ1n) is 8.29. The van der Waals surface area contributed by atoms with Gasteiger partial charge in [0.25, 0.3) is 0 Å². The van der Waals surface area contributed by atoms with Gasteiger partial charge in [0.15, 0.2) is 5.82 Å². The molecule has 1 fully saturated rings. The fourth-order valence-corrected chi connectivity index (χ4v) is 4.52. The van der Waals surface area contributed by atoms with Gasteiger partial charge in [0.2, 0.25) is 0 Å². The van der Waals surface area contributed by atoms with Crippen molar-refractivity contribution >= 4 is 52.2 Å². The Labute approximate surface area is 161 Å². The number of amidine groups is 1. The SMILES string of the molecule is C=C1NC(CC2CCCC2)=Nc2c1cnn2-c1c(Cl)cc(Cl)cc1Cl. The predicted molar refractivity (Wildman–Crippen MR) is 104 cm³/mol. The van der Waals surface area contributed by atoms with Crippen molar-refractivity contribution in [3.8, 4) is 5.69 Å². The van der Waals surface area contributed by atoms with E-state index in [4.69, 9.17) is 39.8 Å². The highest BCUT2D eigenvalue weighted by Crippen LogP contribution is 2.38. The number of aromatic nitrogens is 2. The Kier molecular flexibility index (Phi) is 4.52. The Morgan fingerprint density at radius 3 is 2.52 bits per heavy atom. The first kappa shape index (κ1) is 17.0. The van der Waals surface area contributed by atoms with Crippen LogP contribution >= 0.6 is 34.8 Å². The van der Waals surface area contributed by atoms with E-state index in [1.807, 2.05) is 0 Å². The summed E-state index contributed by atoms with van der Waals surface area (Å²) in [7, 11) is 0. The number of fused-ring (bicyclic) bond motifs is 1. The molecule has 2 heterocycles. The largest absolute Gasteiger partial charge is 0.344 e. The van der Waals surface area contributed by atoms with Crippen LogP contribution in [0.3, 0.4) is 0 Å². The topological polar surface area (TPSA) is 42.2 Å². The molecule has 7 heteroatoms. The van der Waals surface area contributed by atoms with Crippen LogP contribution in [0.25, 0.3) is 11.4 Å². The summed E-state index contributed by atoms with van der Waals surface area (Å²) in [4.78, 5) is 4.80. The molecule has 1 aliphatic heterocycles. The van der Waals surface area contributed by atoms with Crippen LogP contribution in [0.15, 0.2) is 29.9 Å². The van der Waals surface area contributed by atoms with Crippen LogP contribution in [0.1, 0.15) is 37.7 Å². The van der Waals surface area contributed by atoms with Gasteiger partial charge in [-0.05, 0) is 18.1 Å². The van der Waals surface area contributed by atoms with Gasteiger partial charge < -0.3 is 5.32 Å². The van der Waals surface area contributed by atoms with Crippen LogP contribution < -0.4 is 5.32 Å². The minimum Gasteiger partial charge on any atom is -0.344 e. The Bertz CT molecular complexity index is 855. The molecule has 25 heavy (non-hydrogen) atoms. The lowest BCUT2D eigenvalue weighted by molar-refractivity contribution is 0.568. The van der Waals surface area contributed by atoms with Crippen molar-refractivity contribution < 1.29 is 0 Å². The smallest absolute Gasteiger partial charge is 0.167 e. The average Bonchev–Trinajstić information content (AvgIpc) is 3.17. The summed E-state index contributed by atoms with van der Waals surface area (Å²) in [6.07, 6.45) is 7.77. The monoisotopic (exact) mass is 394 g/mol. The number of hydrogen-bond acceptors (Lipinski definition) is 3. The summed E-state index contributed by atoms with van der Waals surface area (Å²) in [6.45, 7) is 4.11. The van der Waals surface area contributed by atoms with E-state index in [2.05, 4.69) is 17.0 Å². The van der Waals surface area contributed by atoms with E-state index in [0.717, 1.165) is 23.5 Å². The first-order valence-corrected chi connectivity index (χ1v) is 9.43. The molecular formula is C18H17Cl3N4. The zero-order valence-electron chi connectivity index (χ0n) is 13.5. The standard InChI is InChI=1S/C18H17Cl3N4/c1-10-13-9-22-25(17-14(20)7-12(19)8-15(17)21)18(13)24-16(23-10)6-11-4-2-3-5-11/h7-9,11H,1-6H2,(H,23,24). The van der Waals surface area contributed by atoms with E-state index in [-0.39, 0.29) is 0 Å². The second-order valence-corrected chi connectivity index (χ2v) is 7.78. The van der Waals surface area contributed by atoms with Gasteiger partial charge in [0, 0.05) is 17.1 Å². The molecule has 1 aromatic heterocycles. The third-order valence-corrected chi connectivity index (χ3v) is 5.55. The third kappa shape index (κ3) is 3.19. The fourth-order valence-electron chi connectivity index (χ4n) is 3.54. The lowest BCUT2D eigenvalue weighted by atomic mass is 10.0. The molecule has 1 aromatic carbocycles. The Morgan fingerprint density at radius 2 is 1.84 bits per heavy atom. The van der Waals surface area contributed by atoms with Crippen molar-refractivity contribution in [1.82, 2.24) is 15.1 Å². The zero-order chi connectivity index (χ0) is 17.6. The van der Waals surface area contributed by atoms with Crippen molar-refractivity contribution in [2.45, 2.75) is 32.1 Å². The summed E-state index contributed by atoms with van der Waals surface area (Å²) in [5.41, 5.74) is 2.22. The van der Waals surface area contributed by atoms with E-state index in [1.54, 1.807) is 23.0 Å². The minimum absolute atomic E-state index is 0.431. The number of rotatable bonds is 3. The Balaban J connectivity index is 1.77. The van der Waals surface area contributed by atoms with Crippen LogP contribution in [0.4, 0.5) is 5.82 Å². The number of nitrogens with one attached hydrogen (secondary N) is 1. The number of aliphatic imine (C=N–C) groups is 1. The van der Waals surface area contributed by atoms with Crippen molar-refractivity contribution in [2.75, 3.05) is 0 Å². The number of hydrogen-bond donors (Lipinski definition) is 1. The van der Waals surface area contributed by atoms with Gasteiger partial charge in [-0.1, -0.05) is 67.1 Å². The number of halogens is 3. The highest BCUT2D eigenvalue weighted by molar-refractivity contribution is 6.40. The van der Waals surface area contributed by atoms with Crippen molar-refractivity contribution in [1.29, 1.82) is 0 Å². The van der Waals surface area contributed by atoms with Crippen molar-refractivity contribution in [3.05, 3.63) is 45.5 Å². The number of benzene rings is 1. The molecule has 0 bridgehead atoms. The van der Waals surface area contributed by atoms with Crippen molar-refractivity contribution in [3.63, 3.8) is 0 Å². The maximum atomic E-state index is 6.36. The van der Waals surface area contributed by atoms with E-state index < -0.39 is 0 Å². The molecule has 130 valence electrons. The molecule has 0 saturated heterocycles. The van der Waals surface area contributed by atoms with E-state index >= 15 is 0 Å². The summed E-state index contributed by atoms with van der Waals surface area (Å²) < 4.78 is 1.66. The molecule has 0 atom stereocenters. The zero-order valence-corrected chi connectivity index (χ0v) is 15.8. The lowest BCUT2D eigenvalue weighted by Gasteiger charge is -2.20. The van der Waals surface area contributed by atoms with Crippen molar-refractivity contribution in [2.24, 2.45) is 10.9 Å². The highest BCUT2D eigenvalue weighted by atomic mass is 35.5. The molecule has 0 radical (unpaired) electrons. The summed E-state index contributed by atoms with van der Waals surface area (Å²) >= 11 is 18.7. The maximum Gasteiger partial charge on any atom is 0.167 e. The first-order chi connectivity index (χ1) is 12.0.